The van der Waals surface area contributed by atoms with Crippen molar-refractivity contribution in [3.8, 4) is 0 Å². The monoisotopic (exact) mass is 291 g/mol. The molecule has 2 aliphatic rings. The van der Waals surface area contributed by atoms with Gasteiger partial charge in [0.2, 0.25) is 0 Å². The molecule has 0 unspecified atom stereocenters. The maximum absolute atomic E-state index is 6.46. The minimum atomic E-state index is 0.562. The van der Waals surface area contributed by atoms with Gasteiger partial charge < -0.3 is 4.74 Å². The Morgan fingerprint density at radius 1 is 1.25 bits per heavy atom. The Balaban J connectivity index is 1.53. The van der Waals surface area contributed by atoms with Crippen molar-refractivity contribution in [2.45, 2.75) is 24.8 Å². The molecular formula is C15H18ClN3O. The number of nitrogens with zero attached hydrogens (tertiary/aromatic N) is 2. The topological polar surface area (TPSA) is 41.2 Å². The number of likely N-dealkylation sites (tertiary alicyclic amines) is 1. The van der Waals surface area contributed by atoms with Gasteiger partial charge in [-0.3, -0.25) is 10.00 Å². The molecule has 3 heterocycles. The Bertz CT molecular complexity index is 615. The van der Waals surface area contributed by atoms with E-state index in [1.165, 1.54) is 18.4 Å². The standard InChI is InChI=1S/C15H18ClN3O/c16-14-5-11-7-17-18-15(11)6-13(14)10-1-3-19(4-2-10)12-8-20-9-12/h5-7,10,12H,1-4,8-9H2,(H,17,18). The summed E-state index contributed by atoms with van der Waals surface area (Å²) in [7, 11) is 0. The first kappa shape index (κ1) is 12.6. The van der Waals surface area contributed by atoms with Gasteiger partial charge in [-0.25, -0.2) is 0 Å². The summed E-state index contributed by atoms with van der Waals surface area (Å²) >= 11 is 6.46. The molecule has 4 nitrogen and oxygen atoms in total. The third kappa shape index (κ3) is 2.12. The fraction of sp³-hybridized carbons (Fsp3) is 0.533. The van der Waals surface area contributed by atoms with E-state index in [0.717, 1.165) is 42.2 Å². The van der Waals surface area contributed by atoms with E-state index >= 15 is 0 Å². The summed E-state index contributed by atoms with van der Waals surface area (Å²) in [5.74, 6) is 0.562. The first-order valence-corrected chi connectivity index (χ1v) is 7.63. The van der Waals surface area contributed by atoms with Crippen LogP contribution in [0.3, 0.4) is 0 Å². The molecule has 0 saturated carbocycles. The van der Waals surface area contributed by atoms with Gasteiger partial charge in [0.15, 0.2) is 0 Å². The summed E-state index contributed by atoms with van der Waals surface area (Å²) in [5.41, 5.74) is 2.35. The summed E-state index contributed by atoms with van der Waals surface area (Å²) in [6.07, 6.45) is 4.18. The number of rotatable bonds is 2. The van der Waals surface area contributed by atoms with Crippen LogP contribution in [0.25, 0.3) is 10.9 Å². The third-order valence-electron chi connectivity index (χ3n) is 4.66. The molecule has 2 saturated heterocycles. The van der Waals surface area contributed by atoms with Crippen LogP contribution in [-0.4, -0.2) is 47.4 Å². The number of hydrogen-bond donors (Lipinski definition) is 1. The smallest absolute Gasteiger partial charge is 0.0654 e. The molecule has 0 spiro atoms. The molecule has 0 atom stereocenters. The molecule has 5 heteroatoms. The number of halogens is 1. The fourth-order valence-electron chi connectivity index (χ4n) is 3.30. The zero-order valence-electron chi connectivity index (χ0n) is 11.3. The van der Waals surface area contributed by atoms with E-state index in [0.29, 0.717) is 12.0 Å². The maximum atomic E-state index is 6.46. The van der Waals surface area contributed by atoms with Crippen molar-refractivity contribution in [3.63, 3.8) is 0 Å². The number of ether oxygens (including phenoxy) is 1. The van der Waals surface area contributed by atoms with Gasteiger partial charge in [0.25, 0.3) is 0 Å². The minimum absolute atomic E-state index is 0.562. The quantitative estimate of drug-likeness (QED) is 0.925. The van der Waals surface area contributed by atoms with Gasteiger partial charge in [-0.15, -0.1) is 0 Å². The highest BCUT2D eigenvalue weighted by Gasteiger charge is 2.30. The van der Waals surface area contributed by atoms with E-state index < -0.39 is 0 Å². The molecule has 1 aromatic heterocycles. The molecule has 1 N–H and O–H groups in total. The van der Waals surface area contributed by atoms with Gasteiger partial charge >= 0.3 is 0 Å². The van der Waals surface area contributed by atoms with Crippen molar-refractivity contribution in [1.29, 1.82) is 0 Å². The van der Waals surface area contributed by atoms with Gasteiger partial charge in [-0.05, 0) is 49.5 Å². The number of aromatic nitrogens is 2. The van der Waals surface area contributed by atoms with E-state index in [2.05, 4.69) is 21.2 Å². The molecule has 2 aromatic rings. The van der Waals surface area contributed by atoms with Crippen LogP contribution in [0.4, 0.5) is 0 Å². The van der Waals surface area contributed by atoms with Crippen molar-refractivity contribution in [1.82, 2.24) is 15.1 Å². The second kappa shape index (κ2) is 5.02. The largest absolute Gasteiger partial charge is 0.378 e. The summed E-state index contributed by atoms with van der Waals surface area (Å²) in [6.45, 7) is 4.11. The van der Waals surface area contributed by atoms with Crippen LogP contribution < -0.4 is 0 Å². The maximum Gasteiger partial charge on any atom is 0.0654 e. The number of H-pyrrole nitrogens is 1. The lowest BCUT2D eigenvalue weighted by molar-refractivity contribution is -0.0712. The van der Waals surface area contributed by atoms with Gasteiger partial charge in [0.1, 0.15) is 0 Å². The van der Waals surface area contributed by atoms with Crippen molar-refractivity contribution < 1.29 is 4.74 Å². The van der Waals surface area contributed by atoms with Gasteiger partial charge in [-0.2, -0.15) is 5.10 Å². The van der Waals surface area contributed by atoms with Crippen LogP contribution in [-0.2, 0) is 4.74 Å². The second-order valence-electron chi connectivity index (χ2n) is 5.83. The van der Waals surface area contributed by atoms with Gasteiger partial charge in [-0.1, -0.05) is 11.6 Å². The summed E-state index contributed by atoms with van der Waals surface area (Å²) < 4.78 is 5.28. The zero-order valence-corrected chi connectivity index (χ0v) is 12.1. The summed E-state index contributed by atoms with van der Waals surface area (Å²) in [6, 6.07) is 4.86. The highest BCUT2D eigenvalue weighted by atomic mass is 35.5. The molecule has 0 bridgehead atoms. The van der Waals surface area contributed by atoms with Crippen LogP contribution in [0.15, 0.2) is 18.3 Å². The van der Waals surface area contributed by atoms with Crippen LogP contribution >= 0.6 is 11.6 Å². The number of hydrogen-bond acceptors (Lipinski definition) is 3. The molecule has 2 aliphatic heterocycles. The van der Waals surface area contributed by atoms with E-state index in [-0.39, 0.29) is 0 Å². The van der Waals surface area contributed by atoms with E-state index in [1.54, 1.807) is 0 Å². The van der Waals surface area contributed by atoms with Crippen molar-refractivity contribution in [2.75, 3.05) is 26.3 Å². The van der Waals surface area contributed by atoms with E-state index in [1.807, 2.05) is 12.3 Å². The average molecular weight is 292 g/mol. The molecule has 0 amide bonds. The fourth-order valence-corrected chi connectivity index (χ4v) is 3.63. The van der Waals surface area contributed by atoms with Crippen molar-refractivity contribution >= 4 is 22.5 Å². The predicted molar refractivity (Wildman–Crippen MR) is 79.3 cm³/mol. The zero-order chi connectivity index (χ0) is 13.5. The molecule has 0 aliphatic carbocycles. The number of piperidine rings is 1. The average Bonchev–Trinajstić information content (AvgIpc) is 2.84. The first-order chi connectivity index (χ1) is 9.81. The molecule has 1 aromatic carbocycles. The molecule has 4 rings (SSSR count). The van der Waals surface area contributed by atoms with Gasteiger partial charge in [0.05, 0.1) is 31.0 Å². The Morgan fingerprint density at radius 3 is 2.75 bits per heavy atom. The minimum Gasteiger partial charge on any atom is -0.378 e. The number of benzene rings is 1. The Labute approximate surface area is 123 Å². The predicted octanol–water partition coefficient (Wildman–Crippen LogP) is 2.79. The molecule has 106 valence electrons. The van der Waals surface area contributed by atoms with Crippen LogP contribution in [0, 0.1) is 0 Å². The Kier molecular flexibility index (Phi) is 3.17. The highest BCUT2D eigenvalue weighted by molar-refractivity contribution is 6.32. The lowest BCUT2D eigenvalue weighted by Crippen LogP contribution is -2.51. The summed E-state index contributed by atoms with van der Waals surface area (Å²) in [5, 5.41) is 9.08. The number of fused-ring (bicyclic) bond motifs is 1. The van der Waals surface area contributed by atoms with Crippen molar-refractivity contribution in [2.24, 2.45) is 0 Å². The molecule has 2 fully saturated rings. The van der Waals surface area contributed by atoms with Crippen molar-refractivity contribution in [3.05, 3.63) is 28.9 Å². The number of aromatic amines is 1. The lowest BCUT2D eigenvalue weighted by atomic mass is 9.88. The number of nitrogens with one attached hydrogen (secondary N) is 1. The lowest BCUT2D eigenvalue weighted by Gasteiger charge is -2.41. The molecule has 20 heavy (non-hydrogen) atoms. The first-order valence-electron chi connectivity index (χ1n) is 7.25. The van der Waals surface area contributed by atoms with Crippen LogP contribution in [0.5, 0.6) is 0 Å². The Morgan fingerprint density at radius 2 is 2.05 bits per heavy atom. The molecular weight excluding hydrogens is 274 g/mol. The van der Waals surface area contributed by atoms with Gasteiger partial charge in [0, 0.05) is 10.4 Å². The SMILES string of the molecule is Clc1cc2cn[nH]c2cc1C1CCN(C2COC2)CC1. The normalized spacial score (nSPS) is 22.2. The van der Waals surface area contributed by atoms with Crippen LogP contribution in [0.1, 0.15) is 24.3 Å². The summed E-state index contributed by atoms with van der Waals surface area (Å²) in [4.78, 5) is 2.56. The third-order valence-corrected chi connectivity index (χ3v) is 4.99. The Hall–Kier alpha value is -1.10. The van der Waals surface area contributed by atoms with Crippen LogP contribution in [0.2, 0.25) is 5.02 Å². The molecule has 0 radical (unpaired) electrons. The van der Waals surface area contributed by atoms with E-state index in [4.69, 9.17) is 16.3 Å². The second-order valence-corrected chi connectivity index (χ2v) is 6.24. The van der Waals surface area contributed by atoms with E-state index in [9.17, 15) is 0 Å². The highest BCUT2D eigenvalue weighted by Crippen LogP contribution is 2.35.